The predicted octanol–water partition coefficient (Wildman–Crippen LogP) is 2.54. The predicted molar refractivity (Wildman–Crippen MR) is 29.9 cm³/mol. The van der Waals surface area contributed by atoms with Crippen molar-refractivity contribution in [3.63, 3.8) is 0 Å². The van der Waals surface area contributed by atoms with E-state index in [4.69, 9.17) is 8.25 Å². The van der Waals surface area contributed by atoms with Crippen LogP contribution in [-0.4, -0.2) is 0 Å². The van der Waals surface area contributed by atoms with Gasteiger partial charge < -0.3 is 0 Å². The Kier molecular flexibility index (Phi) is 7.93. The zero-order valence-electron chi connectivity index (χ0n) is 4.65. The quantitative estimate of drug-likeness (QED) is 0.703. The van der Waals surface area contributed by atoms with Crippen LogP contribution in [0, 0.1) is 0 Å². The van der Waals surface area contributed by atoms with Gasteiger partial charge in [0.05, 0.1) is 0 Å². The zero-order valence-corrected chi connectivity index (χ0v) is 10.9. The molecule has 0 aliphatic rings. The molecule has 0 radical (unpaired) electrons. The monoisotopic (exact) mass is 306 g/mol. The molecule has 0 aromatic carbocycles. The molecule has 0 saturated heterocycles. The van der Waals surface area contributed by atoms with Gasteiger partial charge >= 0.3 is 61.0 Å². The molecular weight excluding hydrogens is 296 g/mol. The van der Waals surface area contributed by atoms with Crippen LogP contribution in [0.5, 0.6) is 0 Å². The normalized spacial score (nSPS) is 9.43. The first-order chi connectivity index (χ1) is 3.41. The number of hydrogen-bond donors (Lipinski definition) is 0. The van der Waals surface area contributed by atoms with Gasteiger partial charge in [0.1, 0.15) is 0 Å². The van der Waals surface area contributed by atoms with E-state index >= 15 is 0 Å². The van der Waals surface area contributed by atoms with Gasteiger partial charge in [-0.1, -0.05) is 0 Å². The van der Waals surface area contributed by atoms with Gasteiger partial charge in [-0.25, -0.2) is 0 Å². The molecule has 38 valence electrons. The standard InChI is InChI=1S/C5H9.ClH.Hg/c1-3-5-4-2;;/h1,3H,4-5H2,2H3;1H;/q;;+1/p-1. The van der Waals surface area contributed by atoms with Crippen LogP contribution in [0.1, 0.15) is 19.8 Å². The Hall–Kier alpha value is 0.965. The summed E-state index contributed by atoms with van der Waals surface area (Å²) in [6.45, 7) is 2.18. The minimum atomic E-state index is -0.895. The number of halogens is 1. The molecule has 0 rings (SSSR count). The molecule has 0 aliphatic heterocycles. The second-order valence-corrected chi connectivity index (χ2v) is 7.15. The second-order valence-electron chi connectivity index (χ2n) is 1.41. The van der Waals surface area contributed by atoms with E-state index in [0.717, 1.165) is 0 Å². The summed E-state index contributed by atoms with van der Waals surface area (Å²) in [5, 5.41) is 0. The van der Waals surface area contributed by atoms with E-state index in [2.05, 4.69) is 16.6 Å². The summed E-state index contributed by atoms with van der Waals surface area (Å²) in [7, 11) is 5.57. The van der Waals surface area contributed by atoms with Crippen LogP contribution in [0.25, 0.3) is 0 Å². The van der Waals surface area contributed by atoms with E-state index in [1.54, 1.807) is 0 Å². The number of unbranched alkanes of at least 4 members (excludes halogenated alkanes) is 1. The van der Waals surface area contributed by atoms with Crippen LogP contribution in [0.15, 0.2) is 9.66 Å². The molecule has 0 heterocycles. The molecule has 7 heavy (non-hydrogen) atoms. The topological polar surface area (TPSA) is 0 Å². The Morgan fingerprint density at radius 2 is 2.43 bits per heavy atom. The fraction of sp³-hybridized carbons (Fsp3) is 0.600. The summed E-state index contributed by atoms with van der Waals surface area (Å²) in [6, 6.07) is 0. The molecule has 0 amide bonds. The van der Waals surface area contributed by atoms with Gasteiger partial charge in [0.25, 0.3) is 0 Å². The average molecular weight is 305 g/mol. The van der Waals surface area contributed by atoms with Crippen molar-refractivity contribution in [2.75, 3.05) is 0 Å². The molecule has 0 fully saturated rings. The summed E-state index contributed by atoms with van der Waals surface area (Å²) in [5.74, 6) is 0. The fourth-order valence-electron chi connectivity index (χ4n) is 0.348. The van der Waals surface area contributed by atoms with Crippen molar-refractivity contribution in [1.82, 2.24) is 0 Å². The summed E-state index contributed by atoms with van der Waals surface area (Å²) >= 11 is -0.895. The van der Waals surface area contributed by atoms with Gasteiger partial charge in [-0.05, 0) is 0 Å². The Labute approximate surface area is 60.8 Å². The third-order valence-electron chi connectivity index (χ3n) is 0.711. The van der Waals surface area contributed by atoms with Gasteiger partial charge in [-0.2, -0.15) is 0 Å². The molecule has 0 bridgehead atoms. The van der Waals surface area contributed by atoms with Crippen molar-refractivity contribution in [2.45, 2.75) is 19.8 Å². The Balaban J connectivity index is 2.78. The van der Waals surface area contributed by atoms with E-state index in [0.29, 0.717) is 0 Å². The van der Waals surface area contributed by atoms with Crippen molar-refractivity contribution in [3.05, 3.63) is 9.66 Å². The third-order valence-corrected chi connectivity index (χ3v) is 4.26. The molecule has 0 spiro atoms. The fourth-order valence-corrected chi connectivity index (χ4v) is 2.86. The van der Waals surface area contributed by atoms with E-state index in [-0.39, 0.29) is 0 Å². The van der Waals surface area contributed by atoms with Crippen molar-refractivity contribution in [3.8, 4) is 0 Å². The SMILES string of the molecule is CCC/C=[CH]/[Hg][Cl]. The molecule has 2 heteroatoms. The number of rotatable bonds is 3. The summed E-state index contributed by atoms with van der Waals surface area (Å²) in [5.41, 5.74) is 0. The summed E-state index contributed by atoms with van der Waals surface area (Å²) < 4.78 is 2.20. The van der Waals surface area contributed by atoms with Crippen LogP contribution in [0.4, 0.5) is 0 Å². The summed E-state index contributed by atoms with van der Waals surface area (Å²) in [6.07, 6.45) is 4.67. The number of allylic oxidation sites excluding steroid dienone is 1. The van der Waals surface area contributed by atoms with Gasteiger partial charge in [0.2, 0.25) is 0 Å². The van der Waals surface area contributed by atoms with Crippen LogP contribution < -0.4 is 0 Å². The molecule has 0 aliphatic carbocycles. The first-order valence-corrected chi connectivity index (χ1v) is 12.6. The first-order valence-electron chi connectivity index (χ1n) is 2.62. The van der Waals surface area contributed by atoms with E-state index in [9.17, 15) is 0 Å². The molecule has 0 nitrogen and oxygen atoms in total. The summed E-state index contributed by atoms with van der Waals surface area (Å²) in [4.78, 5) is 0. The van der Waals surface area contributed by atoms with Crippen LogP contribution >= 0.6 is 8.25 Å². The molecule has 0 atom stereocenters. The second kappa shape index (κ2) is 6.97. The molecule has 0 unspecified atom stereocenters. The van der Waals surface area contributed by atoms with Crippen molar-refractivity contribution in [2.24, 2.45) is 0 Å². The van der Waals surface area contributed by atoms with E-state index in [1.807, 2.05) is 0 Å². The average Bonchev–Trinajstić information content (AvgIpc) is 1.69. The molecule has 0 saturated carbocycles. The van der Waals surface area contributed by atoms with Crippen molar-refractivity contribution in [1.29, 1.82) is 0 Å². The first kappa shape index (κ1) is 7.97. The molecule has 0 aromatic heterocycles. The van der Waals surface area contributed by atoms with Gasteiger partial charge in [-0.15, -0.1) is 0 Å². The minimum absolute atomic E-state index is 0.895. The Morgan fingerprint density at radius 3 is 2.86 bits per heavy atom. The van der Waals surface area contributed by atoms with Crippen LogP contribution in [0.3, 0.4) is 0 Å². The van der Waals surface area contributed by atoms with Crippen LogP contribution in [0.2, 0.25) is 0 Å². The zero-order chi connectivity index (χ0) is 5.54. The molecule has 0 aromatic rings. The van der Waals surface area contributed by atoms with E-state index < -0.39 is 23.3 Å². The van der Waals surface area contributed by atoms with Gasteiger partial charge in [0.15, 0.2) is 0 Å². The van der Waals surface area contributed by atoms with Gasteiger partial charge in [-0.3, -0.25) is 0 Å². The van der Waals surface area contributed by atoms with Crippen molar-refractivity contribution >= 4 is 8.25 Å². The van der Waals surface area contributed by atoms with Gasteiger partial charge in [0, 0.05) is 0 Å². The third kappa shape index (κ3) is 6.97. The van der Waals surface area contributed by atoms with E-state index in [1.165, 1.54) is 12.8 Å². The van der Waals surface area contributed by atoms with Crippen molar-refractivity contribution < 1.29 is 23.3 Å². The number of hydrogen-bond acceptors (Lipinski definition) is 0. The molecule has 0 N–H and O–H groups in total. The Bertz CT molecular complexity index is 52.0. The molecular formula is C5H9ClHg. The Morgan fingerprint density at radius 1 is 1.71 bits per heavy atom. The maximum absolute atomic E-state index is 5.57. The maximum atomic E-state index is 5.57. The van der Waals surface area contributed by atoms with Crippen LogP contribution in [-0.2, 0) is 23.3 Å².